The zero-order chi connectivity index (χ0) is 20.4. The summed E-state index contributed by atoms with van der Waals surface area (Å²) in [6.45, 7) is 6.38. The lowest BCUT2D eigenvalue weighted by atomic mass is 9.97. The maximum absolute atomic E-state index is 12.9. The monoisotopic (exact) mass is 415 g/mol. The van der Waals surface area contributed by atoms with Crippen molar-refractivity contribution >= 4 is 23.6 Å². The molecule has 0 aliphatic carbocycles. The number of amides is 2. The van der Waals surface area contributed by atoms with Crippen LogP contribution in [0.3, 0.4) is 0 Å². The van der Waals surface area contributed by atoms with E-state index >= 15 is 0 Å². The summed E-state index contributed by atoms with van der Waals surface area (Å²) in [5.74, 6) is 0.616. The number of rotatable bonds is 4. The van der Waals surface area contributed by atoms with Gasteiger partial charge < -0.3 is 20.3 Å². The SMILES string of the molecule is CC1(C)c2cnc(NC3CCOCC3)nc2CN1C(=O)NCc1ccccc1Cl. The first-order valence-corrected chi connectivity index (χ1v) is 10.3. The van der Waals surface area contributed by atoms with Crippen molar-refractivity contribution in [1.82, 2.24) is 20.2 Å². The van der Waals surface area contributed by atoms with Gasteiger partial charge in [-0.3, -0.25) is 0 Å². The van der Waals surface area contributed by atoms with Crippen LogP contribution >= 0.6 is 11.6 Å². The van der Waals surface area contributed by atoms with E-state index in [1.807, 2.05) is 44.3 Å². The molecule has 0 bridgehead atoms. The van der Waals surface area contributed by atoms with Crippen molar-refractivity contribution in [1.29, 1.82) is 0 Å². The summed E-state index contributed by atoms with van der Waals surface area (Å²) in [7, 11) is 0. The molecule has 1 saturated heterocycles. The van der Waals surface area contributed by atoms with E-state index in [1.54, 1.807) is 4.90 Å². The van der Waals surface area contributed by atoms with E-state index in [2.05, 4.69) is 15.6 Å². The van der Waals surface area contributed by atoms with Gasteiger partial charge in [-0.05, 0) is 38.3 Å². The average Bonchev–Trinajstić information content (AvgIpc) is 2.98. The van der Waals surface area contributed by atoms with Gasteiger partial charge in [0.25, 0.3) is 0 Å². The lowest BCUT2D eigenvalue weighted by molar-refractivity contribution is 0.0903. The summed E-state index contributed by atoms with van der Waals surface area (Å²) >= 11 is 6.20. The Morgan fingerprint density at radius 2 is 2.07 bits per heavy atom. The molecule has 2 N–H and O–H groups in total. The van der Waals surface area contributed by atoms with E-state index in [0.717, 1.165) is 42.9 Å². The quantitative estimate of drug-likeness (QED) is 0.796. The third-order valence-electron chi connectivity index (χ3n) is 5.70. The van der Waals surface area contributed by atoms with Gasteiger partial charge in [0.2, 0.25) is 5.95 Å². The van der Waals surface area contributed by atoms with Crippen LogP contribution in [0.2, 0.25) is 5.02 Å². The second-order valence-corrected chi connectivity index (χ2v) is 8.39. The number of carbonyl (C=O) groups is 1. The molecule has 0 unspecified atom stereocenters. The summed E-state index contributed by atoms with van der Waals surface area (Å²) in [6, 6.07) is 7.69. The molecular formula is C21H26ClN5O2. The third-order valence-corrected chi connectivity index (χ3v) is 6.07. The second-order valence-electron chi connectivity index (χ2n) is 7.98. The minimum atomic E-state index is -0.489. The van der Waals surface area contributed by atoms with Gasteiger partial charge in [0.1, 0.15) is 0 Å². The van der Waals surface area contributed by atoms with Crippen LogP contribution in [0.4, 0.5) is 10.7 Å². The number of urea groups is 1. The van der Waals surface area contributed by atoms with Gasteiger partial charge in [0, 0.05) is 42.6 Å². The Kier molecular flexibility index (Phi) is 5.61. The molecule has 154 valence electrons. The molecule has 2 aromatic rings. The van der Waals surface area contributed by atoms with Crippen LogP contribution in [0.25, 0.3) is 0 Å². The first kappa shape index (κ1) is 19.9. The van der Waals surface area contributed by atoms with Gasteiger partial charge in [-0.15, -0.1) is 0 Å². The van der Waals surface area contributed by atoms with Crippen molar-refractivity contribution in [2.24, 2.45) is 0 Å². The largest absolute Gasteiger partial charge is 0.381 e. The van der Waals surface area contributed by atoms with Gasteiger partial charge in [-0.25, -0.2) is 14.8 Å². The Morgan fingerprint density at radius 1 is 1.31 bits per heavy atom. The number of halogens is 1. The number of ether oxygens (including phenoxy) is 1. The molecule has 2 amide bonds. The molecule has 7 nitrogen and oxygen atoms in total. The number of nitrogens with one attached hydrogen (secondary N) is 2. The van der Waals surface area contributed by atoms with Crippen LogP contribution < -0.4 is 10.6 Å². The van der Waals surface area contributed by atoms with Gasteiger partial charge >= 0.3 is 6.03 Å². The molecule has 8 heteroatoms. The van der Waals surface area contributed by atoms with E-state index < -0.39 is 5.54 Å². The van der Waals surface area contributed by atoms with Gasteiger partial charge in [-0.2, -0.15) is 0 Å². The molecular weight excluding hydrogens is 390 g/mol. The van der Waals surface area contributed by atoms with Gasteiger partial charge in [-0.1, -0.05) is 29.8 Å². The molecule has 29 heavy (non-hydrogen) atoms. The fraction of sp³-hybridized carbons (Fsp3) is 0.476. The maximum Gasteiger partial charge on any atom is 0.318 e. The molecule has 1 aromatic heterocycles. The summed E-state index contributed by atoms with van der Waals surface area (Å²) in [4.78, 5) is 23.9. The molecule has 3 heterocycles. The number of nitrogens with zero attached hydrogens (tertiary/aromatic N) is 3. The average molecular weight is 416 g/mol. The number of hydrogen-bond acceptors (Lipinski definition) is 5. The Bertz CT molecular complexity index is 898. The number of benzene rings is 1. The topological polar surface area (TPSA) is 79.4 Å². The zero-order valence-corrected chi connectivity index (χ0v) is 17.5. The first-order chi connectivity index (χ1) is 13.9. The lowest BCUT2D eigenvalue weighted by Gasteiger charge is -2.32. The van der Waals surface area contributed by atoms with E-state index in [-0.39, 0.29) is 6.03 Å². The zero-order valence-electron chi connectivity index (χ0n) is 16.7. The molecule has 0 radical (unpaired) electrons. The predicted molar refractivity (Wildman–Crippen MR) is 112 cm³/mol. The van der Waals surface area contributed by atoms with Crippen molar-refractivity contribution in [2.45, 2.75) is 51.4 Å². The van der Waals surface area contributed by atoms with Crippen molar-refractivity contribution in [3.63, 3.8) is 0 Å². The third kappa shape index (κ3) is 4.16. The summed E-state index contributed by atoms with van der Waals surface area (Å²) in [5.41, 5.74) is 2.26. The van der Waals surface area contributed by atoms with Crippen LogP contribution in [-0.2, 0) is 23.4 Å². The predicted octanol–water partition coefficient (Wildman–Crippen LogP) is 3.68. The van der Waals surface area contributed by atoms with Crippen molar-refractivity contribution < 1.29 is 9.53 Å². The summed E-state index contributed by atoms with van der Waals surface area (Å²) in [5, 5.41) is 7.02. The normalized spacial score (nSPS) is 18.4. The molecule has 0 atom stereocenters. The molecule has 2 aliphatic heterocycles. The number of anilines is 1. The standard InChI is InChI=1S/C21H26ClN5O2/c1-21(2)16-12-23-19(25-15-7-9-29-10-8-15)26-18(16)13-27(21)20(28)24-11-14-5-3-4-6-17(14)22/h3-6,12,15H,7-11,13H2,1-2H3,(H,24,28)(H,23,25,26). The highest BCUT2D eigenvalue weighted by atomic mass is 35.5. The van der Waals surface area contributed by atoms with Crippen molar-refractivity contribution in [3.05, 3.63) is 52.3 Å². The van der Waals surface area contributed by atoms with E-state index in [9.17, 15) is 4.79 Å². The van der Waals surface area contributed by atoms with Crippen LogP contribution in [0.5, 0.6) is 0 Å². The lowest BCUT2D eigenvalue weighted by Crippen LogP contribution is -2.45. The number of carbonyl (C=O) groups excluding carboxylic acids is 1. The molecule has 1 aromatic carbocycles. The van der Waals surface area contributed by atoms with Crippen molar-refractivity contribution in [2.75, 3.05) is 18.5 Å². The summed E-state index contributed by atoms with van der Waals surface area (Å²) in [6.07, 6.45) is 3.73. The highest BCUT2D eigenvalue weighted by Crippen LogP contribution is 2.37. The van der Waals surface area contributed by atoms with Gasteiger partial charge in [0.15, 0.2) is 0 Å². The Hall–Kier alpha value is -2.38. The number of hydrogen-bond donors (Lipinski definition) is 2. The number of fused-ring (bicyclic) bond motifs is 1. The van der Waals surface area contributed by atoms with Crippen LogP contribution in [0.1, 0.15) is 43.5 Å². The van der Waals surface area contributed by atoms with E-state index in [4.69, 9.17) is 21.3 Å². The molecule has 1 fully saturated rings. The molecule has 0 spiro atoms. The Balaban J connectivity index is 1.44. The molecule has 0 saturated carbocycles. The second kappa shape index (κ2) is 8.16. The van der Waals surface area contributed by atoms with Gasteiger partial charge in [0.05, 0.1) is 17.8 Å². The first-order valence-electron chi connectivity index (χ1n) is 9.94. The minimum absolute atomic E-state index is 0.146. The smallest absolute Gasteiger partial charge is 0.318 e. The highest BCUT2D eigenvalue weighted by molar-refractivity contribution is 6.31. The molecule has 2 aliphatic rings. The summed E-state index contributed by atoms with van der Waals surface area (Å²) < 4.78 is 5.40. The van der Waals surface area contributed by atoms with Crippen LogP contribution in [0.15, 0.2) is 30.5 Å². The van der Waals surface area contributed by atoms with E-state index in [0.29, 0.717) is 30.1 Å². The highest BCUT2D eigenvalue weighted by Gasteiger charge is 2.41. The Labute approximate surface area is 175 Å². The molecule has 4 rings (SSSR count). The van der Waals surface area contributed by atoms with Crippen LogP contribution in [-0.4, -0.2) is 40.2 Å². The maximum atomic E-state index is 12.9. The van der Waals surface area contributed by atoms with Crippen LogP contribution in [0, 0.1) is 0 Å². The number of aromatic nitrogens is 2. The fourth-order valence-corrected chi connectivity index (χ4v) is 4.07. The van der Waals surface area contributed by atoms with E-state index in [1.165, 1.54) is 0 Å². The minimum Gasteiger partial charge on any atom is -0.381 e. The Morgan fingerprint density at radius 3 is 2.83 bits per heavy atom. The van der Waals surface area contributed by atoms with Crippen molar-refractivity contribution in [3.8, 4) is 0 Å². The fourth-order valence-electron chi connectivity index (χ4n) is 3.87.